The molecule has 6 nitrogen and oxygen atoms in total. The first kappa shape index (κ1) is 15.5. The standard InChI is InChI=1S/C19H19N3O3/c1-12-3-4-13-9-14(12)11-25-19(23)20-7-2-8-24-15-5-6-17-16(10-15)18(13)22-21-17/h3-6,9-10H,2,7-8,11H2,1H3,(H,20,23)(H,21,22). The van der Waals surface area contributed by atoms with E-state index in [4.69, 9.17) is 9.47 Å². The van der Waals surface area contributed by atoms with Crippen LogP contribution in [0.4, 0.5) is 4.79 Å². The molecule has 0 saturated heterocycles. The summed E-state index contributed by atoms with van der Waals surface area (Å²) >= 11 is 0. The van der Waals surface area contributed by atoms with Crippen molar-refractivity contribution in [2.75, 3.05) is 13.2 Å². The Morgan fingerprint density at radius 3 is 2.96 bits per heavy atom. The average molecular weight is 337 g/mol. The zero-order chi connectivity index (χ0) is 17.2. The van der Waals surface area contributed by atoms with E-state index in [2.05, 4.69) is 15.5 Å². The molecule has 128 valence electrons. The lowest BCUT2D eigenvalue weighted by Crippen LogP contribution is -2.26. The predicted octanol–water partition coefficient (Wildman–Crippen LogP) is 3.55. The Balaban J connectivity index is 1.81. The van der Waals surface area contributed by atoms with Gasteiger partial charge >= 0.3 is 6.09 Å². The van der Waals surface area contributed by atoms with Gasteiger partial charge in [-0.05, 0) is 48.7 Å². The second-order valence-corrected chi connectivity index (χ2v) is 6.13. The number of cyclic esters (lactones) is 1. The molecule has 6 heteroatoms. The quantitative estimate of drug-likeness (QED) is 0.658. The van der Waals surface area contributed by atoms with Gasteiger partial charge in [0.15, 0.2) is 0 Å². The van der Waals surface area contributed by atoms with E-state index in [-0.39, 0.29) is 6.61 Å². The number of rotatable bonds is 0. The number of carbonyl (C=O) groups excluding carboxylic acids is 1. The minimum absolute atomic E-state index is 0.232. The topological polar surface area (TPSA) is 76.2 Å². The number of fused-ring (bicyclic) bond motifs is 4. The Kier molecular flexibility index (Phi) is 4.01. The molecular formula is C19H19N3O3. The number of hydrogen-bond acceptors (Lipinski definition) is 4. The van der Waals surface area contributed by atoms with Gasteiger partial charge in [0.05, 0.1) is 12.1 Å². The predicted molar refractivity (Wildman–Crippen MR) is 94.6 cm³/mol. The molecule has 0 radical (unpaired) electrons. The van der Waals surface area contributed by atoms with Crippen LogP contribution >= 0.6 is 0 Å². The number of carbonyl (C=O) groups is 1. The number of nitrogens with zero attached hydrogens (tertiary/aromatic N) is 1. The normalized spacial score (nSPS) is 15.0. The fourth-order valence-corrected chi connectivity index (χ4v) is 2.92. The van der Waals surface area contributed by atoms with E-state index in [0.29, 0.717) is 19.6 Å². The summed E-state index contributed by atoms with van der Waals surface area (Å²) in [6, 6.07) is 12.0. The van der Waals surface area contributed by atoms with E-state index in [0.717, 1.165) is 39.0 Å². The molecule has 0 unspecified atom stereocenters. The molecule has 1 amide bonds. The summed E-state index contributed by atoms with van der Waals surface area (Å²) in [6.45, 7) is 3.27. The number of ether oxygens (including phenoxy) is 2. The molecule has 1 aliphatic heterocycles. The van der Waals surface area contributed by atoms with Crippen LogP contribution in [-0.4, -0.2) is 29.4 Å². The fraction of sp³-hybridized carbons (Fsp3) is 0.263. The highest BCUT2D eigenvalue weighted by atomic mass is 16.5. The van der Waals surface area contributed by atoms with Crippen molar-refractivity contribution in [3.8, 4) is 17.0 Å². The number of amides is 1. The fourth-order valence-electron chi connectivity index (χ4n) is 2.92. The lowest BCUT2D eigenvalue weighted by atomic mass is 10.0. The Morgan fingerprint density at radius 2 is 2.04 bits per heavy atom. The largest absolute Gasteiger partial charge is 0.494 e. The molecule has 3 aromatic rings. The van der Waals surface area contributed by atoms with Crippen LogP contribution in [0.25, 0.3) is 22.2 Å². The summed E-state index contributed by atoms with van der Waals surface area (Å²) in [6.07, 6.45) is 0.292. The van der Waals surface area contributed by atoms with Crippen molar-refractivity contribution in [3.05, 3.63) is 47.5 Å². The van der Waals surface area contributed by atoms with Crippen LogP contribution in [0.3, 0.4) is 0 Å². The van der Waals surface area contributed by atoms with Gasteiger partial charge in [-0.25, -0.2) is 4.79 Å². The molecule has 1 aliphatic rings. The summed E-state index contributed by atoms with van der Waals surface area (Å²) < 4.78 is 11.1. The number of H-pyrrole nitrogens is 1. The van der Waals surface area contributed by atoms with Crippen LogP contribution in [0.15, 0.2) is 36.4 Å². The third-order valence-electron chi connectivity index (χ3n) is 4.37. The van der Waals surface area contributed by atoms with Crippen molar-refractivity contribution in [2.24, 2.45) is 0 Å². The third kappa shape index (κ3) is 3.15. The molecule has 1 aromatic heterocycles. The number of benzene rings is 2. The number of nitrogens with one attached hydrogen (secondary N) is 2. The molecular weight excluding hydrogens is 318 g/mol. The second kappa shape index (κ2) is 6.47. The monoisotopic (exact) mass is 337 g/mol. The molecule has 2 aromatic carbocycles. The van der Waals surface area contributed by atoms with Crippen LogP contribution in [0.2, 0.25) is 0 Å². The van der Waals surface area contributed by atoms with E-state index < -0.39 is 6.09 Å². The van der Waals surface area contributed by atoms with Crippen LogP contribution in [-0.2, 0) is 11.3 Å². The second-order valence-electron chi connectivity index (χ2n) is 6.13. The number of aryl methyl sites for hydroxylation is 1. The minimum atomic E-state index is -0.414. The Labute approximate surface area is 145 Å². The lowest BCUT2D eigenvalue weighted by molar-refractivity contribution is 0.139. The first-order valence-corrected chi connectivity index (χ1v) is 8.32. The Hall–Kier alpha value is -3.02. The summed E-state index contributed by atoms with van der Waals surface area (Å²) in [4.78, 5) is 11.8. The summed E-state index contributed by atoms with van der Waals surface area (Å²) in [7, 11) is 0. The van der Waals surface area contributed by atoms with Crippen LogP contribution in [0.1, 0.15) is 17.5 Å². The van der Waals surface area contributed by atoms with E-state index in [1.807, 2.05) is 43.3 Å². The van der Waals surface area contributed by atoms with E-state index in [1.165, 1.54) is 0 Å². The maximum absolute atomic E-state index is 11.8. The highest BCUT2D eigenvalue weighted by molar-refractivity contribution is 5.93. The maximum Gasteiger partial charge on any atom is 0.407 e. The van der Waals surface area contributed by atoms with Gasteiger partial charge in [-0.3, -0.25) is 5.10 Å². The zero-order valence-electron chi connectivity index (χ0n) is 14.0. The highest BCUT2D eigenvalue weighted by Crippen LogP contribution is 2.30. The van der Waals surface area contributed by atoms with Gasteiger partial charge in [0, 0.05) is 17.5 Å². The van der Waals surface area contributed by atoms with Crippen LogP contribution in [0.5, 0.6) is 5.75 Å². The van der Waals surface area contributed by atoms with Gasteiger partial charge in [0.25, 0.3) is 0 Å². The molecule has 0 spiro atoms. The van der Waals surface area contributed by atoms with Gasteiger partial charge in [-0.15, -0.1) is 0 Å². The van der Waals surface area contributed by atoms with Gasteiger partial charge in [0.1, 0.15) is 18.1 Å². The van der Waals surface area contributed by atoms with E-state index in [1.54, 1.807) is 0 Å². The summed E-state index contributed by atoms with van der Waals surface area (Å²) in [5.74, 6) is 0.792. The van der Waals surface area contributed by atoms with Gasteiger partial charge in [0.2, 0.25) is 0 Å². The zero-order valence-corrected chi connectivity index (χ0v) is 14.0. The average Bonchev–Trinajstić information content (AvgIpc) is 3.03. The molecule has 4 bridgehead atoms. The van der Waals surface area contributed by atoms with Crippen molar-refractivity contribution in [3.63, 3.8) is 0 Å². The molecule has 0 saturated carbocycles. The van der Waals surface area contributed by atoms with Crippen molar-refractivity contribution in [1.29, 1.82) is 0 Å². The van der Waals surface area contributed by atoms with Crippen molar-refractivity contribution >= 4 is 17.0 Å². The first-order valence-electron chi connectivity index (χ1n) is 8.32. The smallest absolute Gasteiger partial charge is 0.407 e. The molecule has 2 heterocycles. The molecule has 0 atom stereocenters. The number of aromatic nitrogens is 2. The number of alkyl carbamates (subject to hydrolysis) is 1. The van der Waals surface area contributed by atoms with Crippen LogP contribution in [0, 0.1) is 6.92 Å². The molecule has 25 heavy (non-hydrogen) atoms. The summed E-state index contributed by atoms with van der Waals surface area (Å²) in [5.41, 5.74) is 4.83. The van der Waals surface area contributed by atoms with Crippen molar-refractivity contribution in [2.45, 2.75) is 20.0 Å². The number of hydrogen-bond donors (Lipinski definition) is 2. The molecule has 4 rings (SSSR count). The minimum Gasteiger partial charge on any atom is -0.494 e. The van der Waals surface area contributed by atoms with E-state index in [9.17, 15) is 4.79 Å². The maximum atomic E-state index is 11.8. The highest BCUT2D eigenvalue weighted by Gasteiger charge is 2.12. The van der Waals surface area contributed by atoms with Gasteiger partial charge in [-0.1, -0.05) is 12.1 Å². The van der Waals surface area contributed by atoms with E-state index >= 15 is 0 Å². The lowest BCUT2D eigenvalue weighted by Gasteiger charge is -2.10. The SMILES string of the molecule is Cc1ccc2cc1COC(=O)NCCCOc1ccc3[nH]nc-2c3c1. The van der Waals surface area contributed by atoms with Crippen molar-refractivity contribution in [1.82, 2.24) is 15.5 Å². The van der Waals surface area contributed by atoms with Crippen LogP contribution < -0.4 is 10.1 Å². The summed E-state index contributed by atoms with van der Waals surface area (Å²) in [5, 5.41) is 11.3. The number of aromatic amines is 1. The van der Waals surface area contributed by atoms with Gasteiger partial charge < -0.3 is 14.8 Å². The molecule has 0 aliphatic carbocycles. The Bertz CT molecular complexity index is 933. The molecule has 2 N–H and O–H groups in total. The van der Waals surface area contributed by atoms with Gasteiger partial charge in [-0.2, -0.15) is 5.10 Å². The van der Waals surface area contributed by atoms with Crippen molar-refractivity contribution < 1.29 is 14.3 Å². The molecule has 0 fully saturated rings. The third-order valence-corrected chi connectivity index (χ3v) is 4.37. The Morgan fingerprint density at radius 1 is 1.12 bits per heavy atom. The first-order chi connectivity index (χ1) is 12.2.